The van der Waals surface area contributed by atoms with Crippen LogP contribution in [0.1, 0.15) is 24.6 Å². The second kappa shape index (κ2) is 5.79. The molecule has 0 aromatic carbocycles. The van der Waals surface area contributed by atoms with Gasteiger partial charge in [0.25, 0.3) is 0 Å². The summed E-state index contributed by atoms with van der Waals surface area (Å²) in [6.45, 7) is 2.30. The number of aromatic nitrogens is 4. The zero-order valence-electron chi connectivity index (χ0n) is 10.1. The van der Waals surface area contributed by atoms with Gasteiger partial charge in [-0.15, -0.1) is 0 Å². The molecule has 2 aromatic rings. The van der Waals surface area contributed by atoms with Crippen molar-refractivity contribution in [3.63, 3.8) is 0 Å². The van der Waals surface area contributed by atoms with Gasteiger partial charge in [-0.1, -0.05) is 11.6 Å². The molecule has 0 fully saturated rings. The minimum atomic E-state index is 0.00126. The van der Waals surface area contributed by atoms with Gasteiger partial charge in [0.05, 0.1) is 6.04 Å². The number of H-pyrrole nitrogens is 1. The molecule has 0 saturated carbocycles. The van der Waals surface area contributed by atoms with Crippen LogP contribution in [-0.4, -0.2) is 27.0 Å². The van der Waals surface area contributed by atoms with Crippen molar-refractivity contribution >= 4 is 17.4 Å². The van der Waals surface area contributed by atoms with Crippen molar-refractivity contribution in [3.05, 3.63) is 35.3 Å². The molecule has 1 atom stereocenters. The van der Waals surface area contributed by atoms with Crippen molar-refractivity contribution in [3.8, 4) is 0 Å². The predicted molar refractivity (Wildman–Crippen MR) is 68.4 cm³/mol. The Morgan fingerprint density at radius 3 is 3.00 bits per heavy atom. The van der Waals surface area contributed by atoms with Gasteiger partial charge < -0.3 is 15.0 Å². The fraction of sp³-hybridized carbons (Fsp3) is 0.364. The average Bonchev–Trinajstić information content (AvgIpc) is 2.81. The standard InChI is InChI=1S/C11H14ClN5O/c1-7(11-13-3-4-14-11)15-9-5-8(12)16-10(17-9)6-18-2/h3-5,7H,6H2,1-2H3,(H,13,14)(H,15,16,17). The molecule has 0 radical (unpaired) electrons. The summed E-state index contributed by atoms with van der Waals surface area (Å²) in [4.78, 5) is 15.6. The highest BCUT2D eigenvalue weighted by Gasteiger charge is 2.10. The molecule has 0 amide bonds. The highest BCUT2D eigenvalue weighted by molar-refractivity contribution is 6.29. The zero-order valence-corrected chi connectivity index (χ0v) is 10.9. The quantitative estimate of drug-likeness (QED) is 0.812. The monoisotopic (exact) mass is 267 g/mol. The third-order valence-electron chi connectivity index (χ3n) is 2.31. The maximum atomic E-state index is 5.92. The molecule has 2 N–H and O–H groups in total. The Hall–Kier alpha value is -1.66. The number of aromatic amines is 1. The van der Waals surface area contributed by atoms with E-state index in [0.717, 1.165) is 5.82 Å². The lowest BCUT2D eigenvalue weighted by atomic mass is 10.3. The van der Waals surface area contributed by atoms with Crippen molar-refractivity contribution in [2.24, 2.45) is 0 Å². The minimum absolute atomic E-state index is 0.00126. The SMILES string of the molecule is COCc1nc(Cl)cc(NC(C)c2ncc[nH]2)n1. The van der Waals surface area contributed by atoms with Crippen LogP contribution < -0.4 is 5.32 Å². The molecule has 0 aliphatic rings. The Labute approximate surface area is 110 Å². The second-order valence-electron chi connectivity index (χ2n) is 3.77. The molecule has 2 aromatic heterocycles. The molecule has 7 heteroatoms. The Morgan fingerprint density at radius 2 is 2.33 bits per heavy atom. The number of rotatable bonds is 5. The number of anilines is 1. The Balaban J connectivity index is 2.13. The van der Waals surface area contributed by atoms with E-state index in [0.29, 0.717) is 23.4 Å². The Bertz CT molecular complexity index is 502. The van der Waals surface area contributed by atoms with Gasteiger partial charge in [0.1, 0.15) is 23.4 Å². The Morgan fingerprint density at radius 1 is 1.50 bits per heavy atom. The zero-order chi connectivity index (χ0) is 13.0. The predicted octanol–water partition coefficient (Wildman–Crippen LogP) is 2.17. The van der Waals surface area contributed by atoms with Crippen LogP contribution in [0.4, 0.5) is 5.82 Å². The van der Waals surface area contributed by atoms with Crippen LogP contribution >= 0.6 is 11.6 Å². The molecule has 18 heavy (non-hydrogen) atoms. The van der Waals surface area contributed by atoms with Crippen LogP contribution in [0.15, 0.2) is 18.5 Å². The van der Waals surface area contributed by atoms with Crippen LogP contribution in [0, 0.1) is 0 Å². The van der Waals surface area contributed by atoms with Gasteiger partial charge in [-0.2, -0.15) is 0 Å². The normalized spacial score (nSPS) is 12.4. The second-order valence-corrected chi connectivity index (χ2v) is 4.15. The Kier molecular flexibility index (Phi) is 4.11. The first kappa shape index (κ1) is 12.8. The molecule has 0 aliphatic heterocycles. The summed E-state index contributed by atoms with van der Waals surface area (Å²) in [7, 11) is 1.59. The molecule has 1 unspecified atom stereocenters. The van der Waals surface area contributed by atoms with Crippen LogP contribution in [0.5, 0.6) is 0 Å². The van der Waals surface area contributed by atoms with Gasteiger partial charge in [0.15, 0.2) is 5.82 Å². The lowest BCUT2D eigenvalue weighted by Crippen LogP contribution is -2.11. The van der Waals surface area contributed by atoms with Crippen molar-refractivity contribution in [1.29, 1.82) is 0 Å². The topological polar surface area (TPSA) is 75.7 Å². The fourth-order valence-electron chi connectivity index (χ4n) is 1.54. The van der Waals surface area contributed by atoms with Gasteiger partial charge >= 0.3 is 0 Å². The molecular weight excluding hydrogens is 254 g/mol. The van der Waals surface area contributed by atoms with E-state index in [1.54, 1.807) is 25.6 Å². The summed E-state index contributed by atoms with van der Waals surface area (Å²) in [5.41, 5.74) is 0. The van der Waals surface area contributed by atoms with Crippen molar-refractivity contribution in [1.82, 2.24) is 19.9 Å². The molecular formula is C11H14ClN5O. The lowest BCUT2D eigenvalue weighted by Gasteiger charge is -2.13. The highest BCUT2D eigenvalue weighted by Crippen LogP contribution is 2.17. The molecule has 2 rings (SSSR count). The van der Waals surface area contributed by atoms with Crippen LogP contribution in [0.25, 0.3) is 0 Å². The fourth-order valence-corrected chi connectivity index (χ4v) is 1.74. The third kappa shape index (κ3) is 3.18. The number of nitrogens with one attached hydrogen (secondary N) is 2. The van der Waals surface area contributed by atoms with Gasteiger partial charge in [0.2, 0.25) is 0 Å². The minimum Gasteiger partial charge on any atom is -0.377 e. The highest BCUT2D eigenvalue weighted by atomic mass is 35.5. The van der Waals surface area contributed by atoms with Gasteiger partial charge in [-0.25, -0.2) is 15.0 Å². The number of imidazole rings is 1. The summed E-state index contributed by atoms with van der Waals surface area (Å²) in [6.07, 6.45) is 3.48. The van der Waals surface area contributed by atoms with Crippen LogP contribution in [-0.2, 0) is 11.3 Å². The average molecular weight is 268 g/mol. The molecule has 96 valence electrons. The first-order valence-electron chi connectivity index (χ1n) is 5.47. The largest absolute Gasteiger partial charge is 0.377 e. The van der Waals surface area contributed by atoms with E-state index in [1.165, 1.54) is 0 Å². The molecule has 0 saturated heterocycles. The summed E-state index contributed by atoms with van der Waals surface area (Å²) >= 11 is 5.92. The van der Waals surface area contributed by atoms with Gasteiger partial charge in [-0.05, 0) is 6.92 Å². The smallest absolute Gasteiger partial charge is 0.158 e. The number of hydrogen-bond acceptors (Lipinski definition) is 5. The summed E-state index contributed by atoms with van der Waals surface area (Å²) in [5.74, 6) is 2.02. The third-order valence-corrected chi connectivity index (χ3v) is 2.50. The van der Waals surface area contributed by atoms with E-state index in [9.17, 15) is 0 Å². The lowest BCUT2D eigenvalue weighted by molar-refractivity contribution is 0.178. The summed E-state index contributed by atoms with van der Waals surface area (Å²) in [6, 6.07) is 1.67. The summed E-state index contributed by atoms with van der Waals surface area (Å²) in [5, 5.41) is 3.58. The number of methoxy groups -OCH3 is 1. The number of halogens is 1. The first-order chi connectivity index (χ1) is 8.69. The van der Waals surface area contributed by atoms with Gasteiger partial charge in [-0.3, -0.25) is 0 Å². The van der Waals surface area contributed by atoms with E-state index < -0.39 is 0 Å². The number of hydrogen-bond donors (Lipinski definition) is 2. The molecule has 6 nitrogen and oxygen atoms in total. The molecule has 2 heterocycles. The maximum absolute atomic E-state index is 5.92. The van der Waals surface area contributed by atoms with Crippen molar-refractivity contribution in [2.75, 3.05) is 12.4 Å². The van der Waals surface area contributed by atoms with E-state index in [2.05, 4.69) is 25.3 Å². The first-order valence-corrected chi connectivity index (χ1v) is 5.85. The number of ether oxygens (including phenoxy) is 1. The van der Waals surface area contributed by atoms with Gasteiger partial charge in [0, 0.05) is 25.6 Å². The van der Waals surface area contributed by atoms with Crippen LogP contribution in [0.2, 0.25) is 5.15 Å². The molecule has 0 bridgehead atoms. The molecule has 0 aliphatic carbocycles. The van der Waals surface area contributed by atoms with Crippen molar-refractivity contribution in [2.45, 2.75) is 19.6 Å². The van der Waals surface area contributed by atoms with E-state index in [-0.39, 0.29) is 6.04 Å². The van der Waals surface area contributed by atoms with E-state index in [4.69, 9.17) is 16.3 Å². The van der Waals surface area contributed by atoms with E-state index in [1.807, 2.05) is 6.92 Å². The molecule has 0 spiro atoms. The number of nitrogens with zero attached hydrogens (tertiary/aromatic N) is 3. The van der Waals surface area contributed by atoms with E-state index >= 15 is 0 Å². The van der Waals surface area contributed by atoms with Crippen molar-refractivity contribution < 1.29 is 4.74 Å². The summed E-state index contributed by atoms with van der Waals surface area (Å²) < 4.78 is 4.99. The van der Waals surface area contributed by atoms with Crippen LogP contribution in [0.3, 0.4) is 0 Å². The maximum Gasteiger partial charge on any atom is 0.158 e.